The highest BCUT2D eigenvalue weighted by Gasteiger charge is 2.10. The Morgan fingerprint density at radius 1 is 0.667 bits per heavy atom. The minimum absolute atomic E-state index is 1.16. The number of hydrogen-bond acceptors (Lipinski definition) is 0. The molecule has 3 rings (SSSR count). The Labute approximate surface area is 123 Å². The van der Waals surface area contributed by atoms with Gasteiger partial charge in [-0.25, -0.2) is 0 Å². The van der Waals surface area contributed by atoms with Gasteiger partial charge in [0.2, 0.25) is 0 Å². The highest BCUT2D eigenvalue weighted by Crippen LogP contribution is 2.36. The fourth-order valence-corrected chi connectivity index (χ4v) is 3.54. The Kier molecular flexibility index (Phi) is 2.95. The van der Waals surface area contributed by atoms with E-state index in [0.29, 0.717) is 0 Å². The van der Waals surface area contributed by atoms with Gasteiger partial charge in [-0.15, -0.1) is 0 Å². The molecule has 0 bridgehead atoms. The zero-order valence-electron chi connectivity index (χ0n) is 10.2. The predicted molar refractivity (Wildman–Crippen MR) is 86.3 cm³/mol. The zero-order valence-corrected chi connectivity index (χ0v) is 13.4. The maximum Gasteiger partial charge on any atom is 0.0260 e. The Bertz CT molecular complexity index is 773. The summed E-state index contributed by atoms with van der Waals surface area (Å²) in [6, 6.07) is 13.0. The number of benzene rings is 3. The first kappa shape index (κ1) is 12.2. The van der Waals surface area contributed by atoms with Crippen LogP contribution in [0, 0.1) is 13.8 Å². The van der Waals surface area contributed by atoms with Gasteiger partial charge in [-0.3, -0.25) is 0 Å². The van der Waals surface area contributed by atoms with E-state index < -0.39 is 0 Å². The average molecular weight is 364 g/mol. The summed E-state index contributed by atoms with van der Waals surface area (Å²) in [6.07, 6.45) is 0. The van der Waals surface area contributed by atoms with Crippen LogP contribution in [0.2, 0.25) is 0 Å². The molecule has 3 aromatic rings. The summed E-state index contributed by atoms with van der Waals surface area (Å²) < 4.78 is 2.34. The normalized spacial score (nSPS) is 11.3. The first-order valence-electron chi connectivity index (χ1n) is 5.86. The summed E-state index contributed by atoms with van der Waals surface area (Å²) in [6.45, 7) is 4.34. The summed E-state index contributed by atoms with van der Waals surface area (Å²) in [5, 5.41) is 5.19. The van der Waals surface area contributed by atoms with Crippen molar-refractivity contribution >= 4 is 53.4 Å². The molecule has 0 aromatic heterocycles. The van der Waals surface area contributed by atoms with Crippen molar-refractivity contribution in [1.82, 2.24) is 0 Å². The van der Waals surface area contributed by atoms with Crippen molar-refractivity contribution in [3.8, 4) is 0 Å². The summed E-state index contributed by atoms with van der Waals surface area (Å²) in [4.78, 5) is 0. The molecule has 0 heterocycles. The molecule has 0 aliphatic carbocycles. The van der Waals surface area contributed by atoms with Crippen LogP contribution in [-0.2, 0) is 0 Å². The Morgan fingerprint density at radius 2 is 1.28 bits per heavy atom. The van der Waals surface area contributed by atoms with Crippen molar-refractivity contribution in [1.29, 1.82) is 0 Å². The Morgan fingerprint density at radius 3 is 2.00 bits per heavy atom. The van der Waals surface area contributed by atoms with Crippen LogP contribution in [0.3, 0.4) is 0 Å². The minimum Gasteiger partial charge on any atom is -0.0616 e. The number of fused-ring (bicyclic) bond motifs is 3. The van der Waals surface area contributed by atoms with Crippen molar-refractivity contribution in [2.24, 2.45) is 0 Å². The molecule has 0 aliphatic rings. The molecule has 0 saturated carbocycles. The van der Waals surface area contributed by atoms with Gasteiger partial charge >= 0.3 is 0 Å². The Hall–Kier alpha value is -0.860. The molecule has 0 spiro atoms. The van der Waals surface area contributed by atoms with Gasteiger partial charge in [0.1, 0.15) is 0 Å². The van der Waals surface area contributed by atoms with E-state index in [4.69, 9.17) is 0 Å². The van der Waals surface area contributed by atoms with Crippen LogP contribution < -0.4 is 0 Å². The maximum absolute atomic E-state index is 3.68. The van der Waals surface area contributed by atoms with Gasteiger partial charge in [-0.1, -0.05) is 56.1 Å². The quantitative estimate of drug-likeness (QED) is 0.421. The first-order chi connectivity index (χ1) is 8.59. The van der Waals surface area contributed by atoms with E-state index in [9.17, 15) is 0 Å². The smallest absolute Gasteiger partial charge is 0.0260 e. The van der Waals surface area contributed by atoms with Gasteiger partial charge in [0.25, 0.3) is 0 Å². The second kappa shape index (κ2) is 4.36. The molecular weight excluding hydrogens is 352 g/mol. The average Bonchev–Trinajstić information content (AvgIpc) is 2.38. The van der Waals surface area contributed by atoms with Crippen molar-refractivity contribution in [3.05, 3.63) is 56.5 Å². The molecule has 0 unspecified atom stereocenters. The molecule has 0 atom stereocenters. The van der Waals surface area contributed by atoms with Crippen molar-refractivity contribution in [2.75, 3.05) is 0 Å². The second-order valence-corrected chi connectivity index (χ2v) is 6.32. The lowest BCUT2D eigenvalue weighted by Crippen LogP contribution is -1.88. The van der Waals surface area contributed by atoms with Gasteiger partial charge in [-0.05, 0) is 58.7 Å². The molecule has 0 fully saturated rings. The lowest BCUT2D eigenvalue weighted by atomic mass is 9.96. The molecular formula is C16H12Br2. The van der Waals surface area contributed by atoms with E-state index in [1.165, 1.54) is 37.1 Å². The summed E-state index contributed by atoms with van der Waals surface area (Å²) in [5.74, 6) is 0. The van der Waals surface area contributed by atoms with Gasteiger partial charge in [-0.2, -0.15) is 0 Å². The highest BCUT2D eigenvalue weighted by atomic mass is 79.9. The van der Waals surface area contributed by atoms with Crippen LogP contribution in [-0.4, -0.2) is 0 Å². The van der Waals surface area contributed by atoms with Gasteiger partial charge in [0.15, 0.2) is 0 Å². The van der Waals surface area contributed by atoms with Crippen LogP contribution in [0.5, 0.6) is 0 Å². The van der Waals surface area contributed by atoms with Crippen molar-refractivity contribution in [2.45, 2.75) is 13.8 Å². The van der Waals surface area contributed by atoms with Crippen LogP contribution in [0.15, 0.2) is 45.3 Å². The fraction of sp³-hybridized carbons (Fsp3) is 0.125. The van der Waals surface area contributed by atoms with Gasteiger partial charge in [0, 0.05) is 8.95 Å². The van der Waals surface area contributed by atoms with E-state index in [1.807, 2.05) is 0 Å². The summed E-state index contributed by atoms with van der Waals surface area (Å²) in [7, 11) is 0. The standard InChI is InChI=1S/C16H12Br2/c1-9-10(2)15(17)8-14-11-5-3-4-6-12(11)16(18)7-13(9)14/h3-8H,1-2H3. The summed E-state index contributed by atoms with van der Waals surface area (Å²) >= 11 is 7.34. The first-order valence-corrected chi connectivity index (χ1v) is 7.45. The maximum atomic E-state index is 3.68. The highest BCUT2D eigenvalue weighted by molar-refractivity contribution is 9.11. The number of rotatable bonds is 0. The lowest BCUT2D eigenvalue weighted by molar-refractivity contribution is 1.35. The van der Waals surface area contributed by atoms with E-state index >= 15 is 0 Å². The third-order valence-electron chi connectivity index (χ3n) is 3.63. The lowest BCUT2D eigenvalue weighted by Gasteiger charge is -2.12. The van der Waals surface area contributed by atoms with Gasteiger partial charge < -0.3 is 0 Å². The fourth-order valence-electron chi connectivity index (χ4n) is 2.44. The molecule has 3 aromatic carbocycles. The SMILES string of the molecule is Cc1c(Br)cc2c(cc(Br)c3ccccc32)c1C. The third-order valence-corrected chi connectivity index (χ3v) is 5.11. The van der Waals surface area contributed by atoms with E-state index in [0.717, 1.165) is 4.47 Å². The molecule has 18 heavy (non-hydrogen) atoms. The van der Waals surface area contributed by atoms with E-state index in [2.05, 4.69) is 82.1 Å². The number of hydrogen-bond donors (Lipinski definition) is 0. The largest absolute Gasteiger partial charge is 0.0616 e. The molecule has 2 heteroatoms. The van der Waals surface area contributed by atoms with Crippen molar-refractivity contribution < 1.29 is 0 Å². The zero-order chi connectivity index (χ0) is 12.9. The van der Waals surface area contributed by atoms with Crippen molar-refractivity contribution in [3.63, 3.8) is 0 Å². The molecule has 0 saturated heterocycles. The second-order valence-electron chi connectivity index (χ2n) is 4.61. The number of aryl methyl sites for hydroxylation is 1. The molecule has 0 aliphatic heterocycles. The third kappa shape index (κ3) is 1.70. The van der Waals surface area contributed by atoms with Crippen LogP contribution in [0.25, 0.3) is 21.5 Å². The van der Waals surface area contributed by atoms with E-state index in [-0.39, 0.29) is 0 Å². The molecule has 0 amide bonds. The van der Waals surface area contributed by atoms with Gasteiger partial charge in [0.05, 0.1) is 0 Å². The topological polar surface area (TPSA) is 0 Å². The molecule has 0 N–H and O–H groups in total. The molecule has 90 valence electrons. The van der Waals surface area contributed by atoms with E-state index in [1.54, 1.807) is 0 Å². The summed E-state index contributed by atoms with van der Waals surface area (Å²) in [5.41, 5.74) is 2.65. The monoisotopic (exact) mass is 362 g/mol. The van der Waals surface area contributed by atoms with Crippen LogP contribution >= 0.6 is 31.9 Å². The minimum atomic E-state index is 1.16. The van der Waals surface area contributed by atoms with Crippen LogP contribution in [0.4, 0.5) is 0 Å². The molecule has 0 radical (unpaired) electrons. The predicted octanol–water partition coefficient (Wildman–Crippen LogP) is 6.13. The molecule has 0 nitrogen and oxygen atoms in total. The van der Waals surface area contributed by atoms with Crippen LogP contribution in [0.1, 0.15) is 11.1 Å². The number of halogens is 2. The Balaban J connectivity index is 2.64.